The molecule has 3 aromatic rings. The Hall–Kier alpha value is -3.67. The van der Waals surface area contributed by atoms with Crippen LogP contribution in [-0.2, 0) is 9.47 Å². The van der Waals surface area contributed by atoms with E-state index in [-0.39, 0.29) is 19.5 Å². The van der Waals surface area contributed by atoms with Crippen LogP contribution in [0.2, 0.25) is 0 Å². The quantitative estimate of drug-likeness (QED) is 0.323. The summed E-state index contributed by atoms with van der Waals surface area (Å²) in [5, 5.41) is 11.4. The number of methoxy groups -OCH3 is 2. The van der Waals surface area contributed by atoms with Crippen LogP contribution >= 0.6 is 0 Å². The molecular formula is C25H34N6O5. The van der Waals surface area contributed by atoms with Gasteiger partial charge in [0.15, 0.2) is 30.9 Å². The van der Waals surface area contributed by atoms with Gasteiger partial charge in [0, 0.05) is 44.5 Å². The van der Waals surface area contributed by atoms with E-state index >= 15 is 0 Å². The maximum absolute atomic E-state index is 12.5. The fourth-order valence-corrected chi connectivity index (χ4v) is 3.54. The van der Waals surface area contributed by atoms with Crippen LogP contribution < -0.4 is 20.5 Å². The first-order valence-electron chi connectivity index (χ1n) is 11.7. The van der Waals surface area contributed by atoms with E-state index in [1.807, 2.05) is 0 Å². The Labute approximate surface area is 211 Å². The molecule has 0 bridgehead atoms. The van der Waals surface area contributed by atoms with Gasteiger partial charge < -0.3 is 34.9 Å². The first-order valence-corrected chi connectivity index (χ1v) is 11.7. The van der Waals surface area contributed by atoms with Gasteiger partial charge >= 0.3 is 0 Å². The number of anilines is 1. The zero-order valence-corrected chi connectivity index (χ0v) is 21.2. The number of hydrogen-bond acceptors (Lipinski definition) is 9. The molecule has 0 radical (unpaired) electrons. The van der Waals surface area contributed by atoms with Crippen molar-refractivity contribution in [3.05, 3.63) is 48.0 Å². The Kier molecular flexibility index (Phi) is 10.0. The van der Waals surface area contributed by atoms with Crippen molar-refractivity contribution in [2.24, 2.45) is 0 Å². The molecule has 36 heavy (non-hydrogen) atoms. The van der Waals surface area contributed by atoms with E-state index in [1.54, 1.807) is 42.5 Å². The molecule has 11 heteroatoms. The molecule has 0 saturated carbocycles. The molecule has 0 aliphatic rings. The second-order valence-electron chi connectivity index (χ2n) is 7.83. The predicted octanol–water partition coefficient (Wildman–Crippen LogP) is 2.55. The summed E-state index contributed by atoms with van der Waals surface area (Å²) in [5.74, 6) is 1.15. The summed E-state index contributed by atoms with van der Waals surface area (Å²) >= 11 is 0. The van der Waals surface area contributed by atoms with E-state index < -0.39 is 0 Å². The van der Waals surface area contributed by atoms with E-state index in [9.17, 15) is 4.79 Å². The number of nitrogens with zero attached hydrogens (tertiary/aromatic N) is 4. The van der Waals surface area contributed by atoms with Gasteiger partial charge in [0.05, 0.1) is 5.69 Å². The normalized spacial score (nSPS) is 11.0. The number of nitrogens with one attached hydrogen (secondary N) is 1. The Morgan fingerprint density at radius 3 is 2.31 bits per heavy atom. The monoisotopic (exact) mass is 498 g/mol. The summed E-state index contributed by atoms with van der Waals surface area (Å²) in [6.45, 7) is 7.64. The molecule has 0 fully saturated rings. The summed E-state index contributed by atoms with van der Waals surface area (Å²) in [5.41, 5.74) is 8.83. The van der Waals surface area contributed by atoms with E-state index in [0.29, 0.717) is 40.8 Å². The lowest BCUT2D eigenvalue weighted by Crippen LogP contribution is -2.34. The maximum atomic E-state index is 12.5. The third-order valence-electron chi connectivity index (χ3n) is 5.57. The van der Waals surface area contributed by atoms with Gasteiger partial charge in [0.25, 0.3) is 5.91 Å². The molecule has 0 unspecified atom stereocenters. The third-order valence-corrected chi connectivity index (χ3v) is 5.57. The number of nitrogen functional groups attached to an aromatic ring is 1. The number of benzene rings is 2. The van der Waals surface area contributed by atoms with Crippen LogP contribution in [0.3, 0.4) is 0 Å². The van der Waals surface area contributed by atoms with Gasteiger partial charge in [0.2, 0.25) is 0 Å². The molecule has 0 saturated heterocycles. The van der Waals surface area contributed by atoms with Crippen LogP contribution in [0.5, 0.6) is 11.5 Å². The Balaban J connectivity index is 1.74. The highest BCUT2D eigenvalue weighted by Gasteiger charge is 2.16. The molecule has 11 nitrogen and oxygen atoms in total. The zero-order valence-electron chi connectivity index (χ0n) is 21.2. The van der Waals surface area contributed by atoms with Gasteiger partial charge in [-0.25, -0.2) is 0 Å². The molecule has 0 spiro atoms. The smallest absolute Gasteiger partial charge is 0.251 e. The Bertz CT molecular complexity index is 1110. The lowest BCUT2D eigenvalue weighted by Gasteiger charge is -2.17. The maximum Gasteiger partial charge on any atom is 0.251 e. The van der Waals surface area contributed by atoms with E-state index in [2.05, 4.69) is 34.4 Å². The number of likely N-dealkylation sites (N-methyl/N-ethyl adjacent to an activating group) is 1. The standard InChI is InChI=1S/C25H34N6O5/c1-5-30(6-2)14-13-27-25(32)19-9-7-18(8-10-19)23-24(26)31(29-28-23)20-11-12-21(35-16-33-3)22(15-20)36-17-34-4/h7-12,15H,5-6,13-14,16-17,26H2,1-4H3,(H,27,32). The van der Waals surface area contributed by atoms with Crippen LogP contribution in [0, 0.1) is 0 Å². The molecule has 3 rings (SSSR count). The summed E-state index contributed by atoms with van der Waals surface area (Å²) in [6, 6.07) is 12.3. The van der Waals surface area contributed by atoms with Crippen LogP contribution in [0.1, 0.15) is 24.2 Å². The average molecular weight is 499 g/mol. The zero-order chi connectivity index (χ0) is 25.9. The van der Waals surface area contributed by atoms with Crippen LogP contribution in [0.15, 0.2) is 42.5 Å². The summed E-state index contributed by atoms with van der Waals surface area (Å²) in [4.78, 5) is 14.7. The van der Waals surface area contributed by atoms with Crippen molar-refractivity contribution in [2.75, 3.05) is 59.7 Å². The van der Waals surface area contributed by atoms with Crippen molar-refractivity contribution >= 4 is 11.7 Å². The molecule has 0 atom stereocenters. The van der Waals surface area contributed by atoms with Gasteiger partial charge in [0.1, 0.15) is 5.69 Å². The van der Waals surface area contributed by atoms with Crippen molar-refractivity contribution < 1.29 is 23.7 Å². The SMILES string of the molecule is CCN(CC)CCNC(=O)c1ccc(-c2nnn(-c3ccc(OCOC)c(OCOC)c3)c2N)cc1. The highest BCUT2D eigenvalue weighted by molar-refractivity contribution is 5.94. The van der Waals surface area contributed by atoms with Crippen LogP contribution in [0.25, 0.3) is 16.9 Å². The largest absolute Gasteiger partial charge is 0.464 e. The first kappa shape index (κ1) is 26.9. The van der Waals surface area contributed by atoms with Crippen molar-refractivity contribution in [2.45, 2.75) is 13.8 Å². The Morgan fingerprint density at radius 2 is 1.67 bits per heavy atom. The topological polar surface area (TPSA) is 126 Å². The molecular weight excluding hydrogens is 464 g/mol. The molecule has 0 aliphatic heterocycles. The van der Waals surface area contributed by atoms with Gasteiger partial charge in [-0.1, -0.05) is 31.2 Å². The van der Waals surface area contributed by atoms with Crippen molar-refractivity contribution in [3.8, 4) is 28.4 Å². The first-order chi connectivity index (χ1) is 17.5. The van der Waals surface area contributed by atoms with Crippen LogP contribution in [0.4, 0.5) is 5.82 Å². The molecule has 194 valence electrons. The highest BCUT2D eigenvalue weighted by Crippen LogP contribution is 2.32. The minimum atomic E-state index is -0.121. The number of amides is 1. The molecule has 2 aromatic carbocycles. The number of aromatic nitrogens is 3. The lowest BCUT2D eigenvalue weighted by atomic mass is 10.1. The highest BCUT2D eigenvalue weighted by atomic mass is 16.7. The second-order valence-corrected chi connectivity index (χ2v) is 7.83. The van der Waals surface area contributed by atoms with Crippen molar-refractivity contribution in [1.82, 2.24) is 25.2 Å². The van der Waals surface area contributed by atoms with Crippen LogP contribution in [-0.4, -0.2) is 79.8 Å². The molecule has 1 heterocycles. The summed E-state index contributed by atoms with van der Waals surface area (Å²) in [6.07, 6.45) is 0. The third kappa shape index (κ3) is 6.72. The number of carbonyl (C=O) groups excluding carboxylic acids is 1. The average Bonchev–Trinajstić information content (AvgIpc) is 3.30. The number of nitrogens with two attached hydrogens (primary N) is 1. The van der Waals surface area contributed by atoms with E-state index in [4.69, 9.17) is 24.7 Å². The van der Waals surface area contributed by atoms with Gasteiger partial charge in [-0.15, -0.1) is 5.10 Å². The van der Waals surface area contributed by atoms with Gasteiger partial charge in [-0.05, 0) is 37.4 Å². The number of carbonyl (C=O) groups is 1. The van der Waals surface area contributed by atoms with E-state index in [0.717, 1.165) is 25.2 Å². The molecule has 3 N–H and O–H groups in total. The van der Waals surface area contributed by atoms with Gasteiger partial charge in [-0.3, -0.25) is 4.79 Å². The number of rotatable bonds is 14. The fourth-order valence-electron chi connectivity index (χ4n) is 3.54. The second kappa shape index (κ2) is 13.4. The van der Waals surface area contributed by atoms with Crippen molar-refractivity contribution in [1.29, 1.82) is 0 Å². The number of hydrogen-bond donors (Lipinski definition) is 2. The predicted molar refractivity (Wildman–Crippen MR) is 136 cm³/mol. The summed E-state index contributed by atoms with van der Waals surface area (Å²) in [7, 11) is 3.07. The minimum Gasteiger partial charge on any atom is -0.464 e. The summed E-state index contributed by atoms with van der Waals surface area (Å²) < 4.78 is 22.6. The minimum absolute atomic E-state index is 0.0419. The van der Waals surface area contributed by atoms with Gasteiger partial charge in [-0.2, -0.15) is 4.68 Å². The Morgan fingerprint density at radius 1 is 1.00 bits per heavy atom. The molecule has 1 amide bonds. The number of ether oxygens (including phenoxy) is 4. The lowest BCUT2D eigenvalue weighted by molar-refractivity contribution is 0.0322. The molecule has 1 aromatic heterocycles. The fraction of sp³-hybridized carbons (Fsp3) is 0.400. The van der Waals surface area contributed by atoms with Crippen molar-refractivity contribution in [3.63, 3.8) is 0 Å². The molecule has 0 aliphatic carbocycles. The van der Waals surface area contributed by atoms with E-state index in [1.165, 1.54) is 18.9 Å².